The first-order chi connectivity index (χ1) is 12.2. The third-order valence-electron chi connectivity index (χ3n) is 9.20. The van der Waals surface area contributed by atoms with Crippen LogP contribution in [0.1, 0.15) is 71.1 Å². The van der Waals surface area contributed by atoms with Crippen molar-refractivity contribution in [1.82, 2.24) is 0 Å². The van der Waals surface area contributed by atoms with Crippen molar-refractivity contribution in [3.05, 3.63) is 23.8 Å². The lowest BCUT2D eigenvalue weighted by Crippen LogP contribution is -2.49. The molecule has 2 heterocycles. The normalized spacial score (nSPS) is 55.8. The van der Waals surface area contributed by atoms with Crippen LogP contribution in [0.3, 0.4) is 0 Å². The fraction of sp³-hybridized carbons (Fsp3) is 0.826. The maximum Gasteiger partial charge on any atom is 0.195 e. The molecule has 0 spiro atoms. The number of rotatable bonds is 2. The van der Waals surface area contributed by atoms with E-state index in [4.69, 9.17) is 9.47 Å². The molecule has 136 valence electrons. The largest absolute Gasteiger partial charge is 0.347 e. The van der Waals surface area contributed by atoms with Crippen LogP contribution in [0.2, 0.25) is 0 Å². The number of allylic oxidation sites excluding steroid dienone is 4. The Hall–Kier alpha value is -0.600. The van der Waals surface area contributed by atoms with Crippen LogP contribution in [-0.4, -0.2) is 18.5 Å². The summed E-state index contributed by atoms with van der Waals surface area (Å²) in [6.07, 6.45) is 21.6. The number of hydrogen-bond acceptors (Lipinski definition) is 2. The van der Waals surface area contributed by atoms with Gasteiger partial charge in [0.05, 0.1) is 6.61 Å². The Balaban J connectivity index is 1.34. The highest BCUT2D eigenvalue weighted by Crippen LogP contribution is 2.67. The van der Waals surface area contributed by atoms with Crippen LogP contribution in [0.25, 0.3) is 0 Å². The van der Waals surface area contributed by atoms with Crippen LogP contribution in [0, 0.1) is 28.6 Å². The zero-order valence-electron chi connectivity index (χ0n) is 15.6. The third kappa shape index (κ3) is 1.99. The van der Waals surface area contributed by atoms with Gasteiger partial charge in [0.1, 0.15) is 6.10 Å². The van der Waals surface area contributed by atoms with Gasteiger partial charge in [-0.2, -0.15) is 0 Å². The molecule has 2 nitrogen and oxygen atoms in total. The molecule has 2 saturated carbocycles. The average molecular weight is 341 g/mol. The lowest BCUT2D eigenvalue weighted by atomic mass is 9.48. The first-order valence-electron chi connectivity index (χ1n) is 10.9. The van der Waals surface area contributed by atoms with Crippen LogP contribution < -0.4 is 0 Å². The molecule has 0 bridgehead atoms. The summed E-state index contributed by atoms with van der Waals surface area (Å²) in [4.78, 5) is 0. The van der Waals surface area contributed by atoms with Gasteiger partial charge in [-0.25, -0.2) is 0 Å². The lowest BCUT2D eigenvalue weighted by Gasteiger charge is -2.56. The van der Waals surface area contributed by atoms with E-state index in [9.17, 15) is 0 Å². The lowest BCUT2D eigenvalue weighted by molar-refractivity contribution is -0.0976. The molecule has 4 fully saturated rings. The summed E-state index contributed by atoms with van der Waals surface area (Å²) in [6.45, 7) is 3.50. The zero-order valence-corrected chi connectivity index (χ0v) is 15.6. The molecule has 25 heavy (non-hydrogen) atoms. The van der Waals surface area contributed by atoms with Crippen LogP contribution in [0.15, 0.2) is 23.8 Å². The Kier molecular flexibility index (Phi) is 3.10. The molecule has 0 amide bonds. The number of fused-ring (bicyclic) bond motifs is 6. The molecule has 0 aromatic heterocycles. The second-order valence-corrected chi connectivity index (χ2v) is 10.1. The molecule has 6 aliphatic rings. The van der Waals surface area contributed by atoms with Crippen LogP contribution in [-0.2, 0) is 9.47 Å². The highest BCUT2D eigenvalue weighted by molar-refractivity contribution is 5.35. The molecule has 7 atom stereocenters. The van der Waals surface area contributed by atoms with E-state index in [1.54, 1.807) is 5.57 Å². The van der Waals surface area contributed by atoms with Crippen molar-refractivity contribution in [3.8, 4) is 0 Å². The van der Waals surface area contributed by atoms with E-state index < -0.39 is 0 Å². The van der Waals surface area contributed by atoms with Gasteiger partial charge < -0.3 is 9.47 Å². The number of hydrogen-bond donors (Lipinski definition) is 0. The molecule has 0 radical (unpaired) electrons. The van der Waals surface area contributed by atoms with Crippen molar-refractivity contribution >= 4 is 0 Å². The second-order valence-electron chi connectivity index (χ2n) is 10.1. The van der Waals surface area contributed by atoms with Gasteiger partial charge in [0.2, 0.25) is 0 Å². The highest BCUT2D eigenvalue weighted by atomic mass is 16.8. The Morgan fingerprint density at radius 3 is 2.88 bits per heavy atom. The minimum atomic E-state index is -0.159. The van der Waals surface area contributed by atoms with Crippen molar-refractivity contribution in [2.24, 2.45) is 28.6 Å². The maximum absolute atomic E-state index is 6.11. The summed E-state index contributed by atoms with van der Waals surface area (Å²) in [5.41, 5.74) is 2.61. The van der Waals surface area contributed by atoms with Crippen LogP contribution >= 0.6 is 0 Å². The van der Waals surface area contributed by atoms with E-state index in [1.807, 2.05) is 0 Å². The molecule has 2 aliphatic heterocycles. The highest BCUT2D eigenvalue weighted by Gasteiger charge is 2.67. The number of epoxide rings is 1. The number of ether oxygens (including phenoxy) is 2. The second kappa shape index (κ2) is 5.01. The molecule has 1 unspecified atom stereocenters. The summed E-state index contributed by atoms with van der Waals surface area (Å²) >= 11 is 0. The quantitative estimate of drug-likeness (QED) is 0.629. The fourth-order valence-electron chi connectivity index (χ4n) is 7.94. The maximum atomic E-state index is 6.11. The smallest absolute Gasteiger partial charge is 0.195 e. The Bertz CT molecular complexity index is 650. The summed E-state index contributed by atoms with van der Waals surface area (Å²) in [5, 5.41) is 0. The van der Waals surface area contributed by atoms with E-state index in [2.05, 4.69) is 25.2 Å². The van der Waals surface area contributed by atoms with Crippen molar-refractivity contribution in [2.45, 2.75) is 83.0 Å². The van der Waals surface area contributed by atoms with Gasteiger partial charge >= 0.3 is 0 Å². The van der Waals surface area contributed by atoms with Crippen molar-refractivity contribution < 1.29 is 9.47 Å². The van der Waals surface area contributed by atoms with Gasteiger partial charge in [-0.05, 0) is 79.1 Å². The van der Waals surface area contributed by atoms with E-state index >= 15 is 0 Å². The van der Waals surface area contributed by atoms with Crippen molar-refractivity contribution in [1.29, 1.82) is 0 Å². The standard InChI is InChI=1S/C23H32O2/c1-21-11-3-2-5-16(21)7-8-17-18(21)9-13-22(12-4-6-19(17)22)15-23-20(25-23)10-14-24-23/h5,7-8,17-20H,2-4,6,9-15H2,1H3/t17-,18+,19+,20?,21+,22+,23+/m1/s1. The summed E-state index contributed by atoms with van der Waals surface area (Å²) < 4.78 is 12.2. The topological polar surface area (TPSA) is 21.8 Å². The van der Waals surface area contributed by atoms with Crippen molar-refractivity contribution in [2.75, 3.05) is 6.61 Å². The van der Waals surface area contributed by atoms with E-state index in [1.165, 1.54) is 57.8 Å². The SMILES string of the molecule is C[C@]12CCCC=C1C=C[C@H]1[C@@H]3CCC[C@@]3(C[C@@]34OCCC3O4)CC[C@@H]12. The van der Waals surface area contributed by atoms with Crippen LogP contribution in [0.4, 0.5) is 0 Å². The predicted octanol–water partition coefficient (Wildman–Crippen LogP) is 5.39. The molecule has 6 rings (SSSR count). The average Bonchev–Trinajstić information content (AvgIpc) is 2.94. The fourth-order valence-corrected chi connectivity index (χ4v) is 7.94. The Morgan fingerprint density at radius 1 is 1.08 bits per heavy atom. The monoisotopic (exact) mass is 340 g/mol. The van der Waals surface area contributed by atoms with E-state index in [-0.39, 0.29) is 5.79 Å². The van der Waals surface area contributed by atoms with Crippen LogP contribution in [0.5, 0.6) is 0 Å². The molecule has 0 aromatic carbocycles. The molecule has 0 N–H and O–H groups in total. The minimum absolute atomic E-state index is 0.159. The van der Waals surface area contributed by atoms with E-state index in [0.29, 0.717) is 16.9 Å². The molecule has 2 heteroatoms. The van der Waals surface area contributed by atoms with Gasteiger partial charge in [0.25, 0.3) is 0 Å². The molecular formula is C23H32O2. The van der Waals surface area contributed by atoms with Gasteiger partial charge in [0.15, 0.2) is 5.79 Å². The minimum Gasteiger partial charge on any atom is -0.347 e. The molecule has 2 saturated heterocycles. The first kappa shape index (κ1) is 15.5. The molecule has 4 aliphatic carbocycles. The Morgan fingerprint density at radius 2 is 2.04 bits per heavy atom. The van der Waals surface area contributed by atoms with Gasteiger partial charge in [-0.3, -0.25) is 0 Å². The summed E-state index contributed by atoms with van der Waals surface area (Å²) in [6, 6.07) is 0. The van der Waals surface area contributed by atoms with Gasteiger partial charge in [0, 0.05) is 12.8 Å². The Labute approximate surface area is 152 Å². The van der Waals surface area contributed by atoms with Gasteiger partial charge in [-0.15, -0.1) is 0 Å². The predicted molar refractivity (Wildman–Crippen MR) is 98.0 cm³/mol. The molecular weight excluding hydrogens is 308 g/mol. The summed E-state index contributed by atoms with van der Waals surface area (Å²) in [7, 11) is 0. The van der Waals surface area contributed by atoms with E-state index in [0.717, 1.165) is 30.8 Å². The van der Waals surface area contributed by atoms with Crippen molar-refractivity contribution in [3.63, 3.8) is 0 Å². The summed E-state index contributed by atoms with van der Waals surface area (Å²) in [5.74, 6) is 2.38. The third-order valence-corrected chi connectivity index (χ3v) is 9.20. The zero-order chi connectivity index (χ0) is 16.7. The first-order valence-corrected chi connectivity index (χ1v) is 10.9. The van der Waals surface area contributed by atoms with Gasteiger partial charge in [-0.1, -0.05) is 31.6 Å². The molecule has 0 aromatic rings.